The number of nitrogens with zero attached hydrogens (tertiary/aromatic N) is 2. The van der Waals surface area contributed by atoms with Gasteiger partial charge in [0.1, 0.15) is 5.75 Å². The lowest BCUT2D eigenvalue weighted by molar-refractivity contribution is 0.00268. The second kappa shape index (κ2) is 7.13. The number of halogens is 1. The van der Waals surface area contributed by atoms with Gasteiger partial charge >= 0.3 is 6.03 Å². The highest BCUT2D eigenvalue weighted by Crippen LogP contribution is 2.49. The van der Waals surface area contributed by atoms with Gasteiger partial charge in [-0.2, -0.15) is 0 Å². The normalized spacial score (nSPS) is 22.0. The molecule has 5 nitrogen and oxygen atoms in total. The number of benzene rings is 3. The summed E-state index contributed by atoms with van der Waals surface area (Å²) in [6.07, 6.45) is 0.454. The molecule has 2 aliphatic heterocycles. The van der Waals surface area contributed by atoms with E-state index in [1.54, 1.807) is 41.3 Å². The first-order valence-electron chi connectivity index (χ1n) is 10.2. The van der Waals surface area contributed by atoms with Crippen LogP contribution in [0.25, 0.3) is 0 Å². The molecule has 31 heavy (non-hydrogen) atoms. The molecule has 5 rings (SSSR count). The average Bonchev–Trinajstić information content (AvgIpc) is 2.75. The van der Waals surface area contributed by atoms with Gasteiger partial charge in [0, 0.05) is 28.3 Å². The fraction of sp³-hybridized carbons (Fsp3) is 0.200. The molecule has 0 aliphatic carbocycles. The van der Waals surface area contributed by atoms with E-state index in [1.165, 1.54) is 4.90 Å². The fourth-order valence-corrected chi connectivity index (χ4v) is 4.57. The number of anilines is 1. The van der Waals surface area contributed by atoms with Crippen LogP contribution < -0.4 is 9.64 Å². The molecule has 1 saturated heterocycles. The smallest absolute Gasteiger partial charge is 0.335 e. The Morgan fingerprint density at radius 2 is 1.71 bits per heavy atom. The highest BCUT2D eigenvalue weighted by Gasteiger charge is 2.55. The van der Waals surface area contributed by atoms with Crippen molar-refractivity contribution in [3.63, 3.8) is 0 Å². The molecule has 0 aromatic heterocycles. The zero-order chi connectivity index (χ0) is 21.8. The van der Waals surface area contributed by atoms with Gasteiger partial charge < -0.3 is 4.74 Å². The summed E-state index contributed by atoms with van der Waals surface area (Å²) >= 11 is 6.07. The van der Waals surface area contributed by atoms with Crippen LogP contribution in [0.15, 0.2) is 72.8 Å². The molecule has 0 N–H and O–H groups in total. The molecule has 0 saturated carbocycles. The molecular weight excluding hydrogens is 412 g/mol. The Morgan fingerprint density at radius 3 is 2.42 bits per heavy atom. The number of para-hydroxylation sites is 1. The summed E-state index contributed by atoms with van der Waals surface area (Å²) in [6.45, 7) is 3.85. The van der Waals surface area contributed by atoms with Crippen molar-refractivity contribution in [1.82, 2.24) is 4.90 Å². The maximum absolute atomic E-state index is 13.8. The topological polar surface area (TPSA) is 49.9 Å². The molecule has 2 heterocycles. The van der Waals surface area contributed by atoms with Crippen LogP contribution in [-0.2, 0) is 0 Å². The van der Waals surface area contributed by atoms with E-state index in [4.69, 9.17) is 16.3 Å². The third kappa shape index (κ3) is 3.17. The van der Waals surface area contributed by atoms with Crippen molar-refractivity contribution in [1.29, 1.82) is 0 Å². The quantitative estimate of drug-likeness (QED) is 0.501. The third-order valence-electron chi connectivity index (χ3n) is 5.96. The molecule has 2 atom stereocenters. The minimum absolute atomic E-state index is 0.326. The van der Waals surface area contributed by atoms with Gasteiger partial charge in [-0.15, -0.1) is 0 Å². The van der Waals surface area contributed by atoms with Gasteiger partial charge in [-0.05, 0) is 56.3 Å². The number of carbonyl (C=O) groups is 2. The summed E-state index contributed by atoms with van der Waals surface area (Å²) in [6, 6.07) is 21.0. The molecular formula is C25H21ClN2O3. The summed E-state index contributed by atoms with van der Waals surface area (Å²) in [7, 11) is 0. The largest absolute Gasteiger partial charge is 0.467 e. The van der Waals surface area contributed by atoms with E-state index in [1.807, 2.05) is 50.2 Å². The highest BCUT2D eigenvalue weighted by molar-refractivity contribution is 6.30. The number of amides is 3. The van der Waals surface area contributed by atoms with Gasteiger partial charge in [0.15, 0.2) is 5.72 Å². The number of imide groups is 1. The number of fused-ring (bicyclic) bond motifs is 4. The van der Waals surface area contributed by atoms with Crippen molar-refractivity contribution < 1.29 is 14.3 Å². The van der Waals surface area contributed by atoms with Crippen LogP contribution in [-0.4, -0.2) is 22.6 Å². The van der Waals surface area contributed by atoms with Gasteiger partial charge in [-0.1, -0.05) is 47.5 Å². The van der Waals surface area contributed by atoms with E-state index >= 15 is 0 Å². The number of hydrogen-bond donors (Lipinski definition) is 0. The highest BCUT2D eigenvalue weighted by atomic mass is 35.5. The van der Waals surface area contributed by atoms with Crippen LogP contribution in [0.5, 0.6) is 5.75 Å². The molecule has 0 radical (unpaired) electrons. The Bertz CT molecular complexity index is 1180. The molecule has 1 fully saturated rings. The number of ether oxygens (including phenoxy) is 1. The van der Waals surface area contributed by atoms with E-state index in [0.29, 0.717) is 28.4 Å². The van der Waals surface area contributed by atoms with Crippen LogP contribution in [0, 0.1) is 6.92 Å². The zero-order valence-electron chi connectivity index (χ0n) is 17.2. The van der Waals surface area contributed by atoms with Crippen molar-refractivity contribution in [2.45, 2.75) is 32.0 Å². The summed E-state index contributed by atoms with van der Waals surface area (Å²) in [5, 5.41) is 0.568. The molecule has 156 valence electrons. The lowest BCUT2D eigenvalue weighted by atomic mass is 9.88. The van der Waals surface area contributed by atoms with E-state index in [9.17, 15) is 9.59 Å². The van der Waals surface area contributed by atoms with Crippen molar-refractivity contribution in [2.24, 2.45) is 0 Å². The SMILES string of the molecule is Cc1ccc(C(=O)N2C(=O)N(c3ccc(Cl)cc3)[C@]3(C)C[C@H]2c2ccccc2O3)cc1. The summed E-state index contributed by atoms with van der Waals surface area (Å²) in [5.74, 6) is 0.349. The first-order chi connectivity index (χ1) is 14.9. The van der Waals surface area contributed by atoms with Crippen molar-refractivity contribution >= 4 is 29.2 Å². The molecule has 2 aliphatic rings. The van der Waals surface area contributed by atoms with Gasteiger partial charge in [-0.25, -0.2) is 4.79 Å². The lowest BCUT2D eigenvalue weighted by Crippen LogP contribution is -2.67. The zero-order valence-corrected chi connectivity index (χ0v) is 18.0. The van der Waals surface area contributed by atoms with Gasteiger partial charge in [-0.3, -0.25) is 14.6 Å². The minimum Gasteiger partial charge on any atom is -0.467 e. The van der Waals surface area contributed by atoms with Crippen molar-refractivity contribution in [3.05, 3.63) is 94.5 Å². The monoisotopic (exact) mass is 432 g/mol. The average molecular weight is 433 g/mol. The molecule has 0 unspecified atom stereocenters. The van der Waals surface area contributed by atoms with Crippen molar-refractivity contribution in [3.8, 4) is 5.75 Å². The maximum Gasteiger partial charge on any atom is 0.335 e. The van der Waals surface area contributed by atoms with Gasteiger partial charge in [0.25, 0.3) is 5.91 Å². The maximum atomic E-state index is 13.8. The molecule has 3 aromatic rings. The molecule has 2 bridgehead atoms. The van der Waals surface area contributed by atoms with Gasteiger partial charge in [0.2, 0.25) is 0 Å². The number of urea groups is 1. The number of hydrogen-bond acceptors (Lipinski definition) is 3. The number of rotatable bonds is 2. The summed E-state index contributed by atoms with van der Waals surface area (Å²) < 4.78 is 6.34. The molecule has 6 heteroatoms. The predicted molar refractivity (Wildman–Crippen MR) is 120 cm³/mol. The Balaban J connectivity index is 1.66. The standard InChI is InChI=1S/C25H21ClN2O3/c1-16-7-9-17(10-8-16)23(29)27-21-15-25(2,31-22-6-4-3-5-20(21)22)28(24(27)30)19-13-11-18(26)12-14-19/h3-14,21H,15H2,1-2H3/t21-,25-/m0/s1. The van der Waals surface area contributed by atoms with E-state index in [2.05, 4.69) is 0 Å². The minimum atomic E-state index is -0.937. The first-order valence-corrected chi connectivity index (χ1v) is 10.5. The van der Waals surface area contributed by atoms with E-state index in [-0.39, 0.29) is 5.91 Å². The van der Waals surface area contributed by atoms with Crippen LogP contribution in [0.2, 0.25) is 5.02 Å². The Kier molecular flexibility index (Phi) is 4.52. The van der Waals surface area contributed by atoms with Crippen LogP contribution in [0.4, 0.5) is 10.5 Å². The van der Waals surface area contributed by atoms with E-state index < -0.39 is 17.8 Å². The Hall–Kier alpha value is -3.31. The van der Waals surface area contributed by atoms with Crippen LogP contribution in [0.3, 0.4) is 0 Å². The number of aryl methyl sites for hydroxylation is 1. The predicted octanol–water partition coefficient (Wildman–Crippen LogP) is 5.97. The first kappa shape index (κ1) is 19.6. The molecule has 3 aromatic carbocycles. The van der Waals surface area contributed by atoms with Gasteiger partial charge in [0.05, 0.1) is 6.04 Å². The fourth-order valence-electron chi connectivity index (χ4n) is 4.44. The number of carbonyl (C=O) groups excluding carboxylic acids is 2. The second-order valence-corrected chi connectivity index (χ2v) is 8.61. The van der Waals surface area contributed by atoms with Crippen LogP contribution >= 0.6 is 11.6 Å². The van der Waals surface area contributed by atoms with Crippen LogP contribution in [0.1, 0.15) is 40.9 Å². The molecule has 3 amide bonds. The summed E-state index contributed by atoms with van der Waals surface area (Å²) in [5.41, 5.74) is 2.05. The summed E-state index contributed by atoms with van der Waals surface area (Å²) in [4.78, 5) is 30.3. The molecule has 0 spiro atoms. The lowest BCUT2D eigenvalue weighted by Gasteiger charge is -2.53. The third-order valence-corrected chi connectivity index (χ3v) is 6.22. The van der Waals surface area contributed by atoms with Crippen molar-refractivity contribution in [2.75, 3.05) is 4.90 Å². The Morgan fingerprint density at radius 1 is 1.03 bits per heavy atom. The second-order valence-electron chi connectivity index (χ2n) is 8.17. The Labute approximate surface area is 185 Å². The van der Waals surface area contributed by atoms with E-state index in [0.717, 1.165) is 11.1 Å².